The lowest BCUT2D eigenvalue weighted by Crippen LogP contribution is -2.14. The molecule has 110 valence electrons. The van der Waals surface area contributed by atoms with E-state index in [0.29, 0.717) is 18.0 Å². The van der Waals surface area contributed by atoms with Crippen molar-refractivity contribution in [3.63, 3.8) is 0 Å². The fourth-order valence-corrected chi connectivity index (χ4v) is 3.23. The monoisotopic (exact) mass is 284 g/mol. The summed E-state index contributed by atoms with van der Waals surface area (Å²) in [6, 6.07) is 7.20. The van der Waals surface area contributed by atoms with Crippen LogP contribution in [0.1, 0.15) is 59.8 Å². The number of carboxylic acid groups (broad SMARTS) is 1. The number of hydrogen-bond donors (Lipinski definition) is 1. The number of nitrogens with zero attached hydrogens (tertiary/aromatic N) is 2. The Labute approximate surface area is 124 Å². The summed E-state index contributed by atoms with van der Waals surface area (Å²) in [4.78, 5) is 15.8. The van der Waals surface area contributed by atoms with E-state index in [4.69, 9.17) is 0 Å². The van der Waals surface area contributed by atoms with E-state index in [9.17, 15) is 9.90 Å². The van der Waals surface area contributed by atoms with Gasteiger partial charge in [-0.25, -0.2) is 9.78 Å². The molecule has 0 unspecified atom stereocenters. The molecule has 3 rings (SSSR count). The summed E-state index contributed by atoms with van der Waals surface area (Å²) in [6.45, 7) is 0.578. The normalized spacial score (nSPS) is 16.0. The van der Waals surface area contributed by atoms with Gasteiger partial charge in [0.1, 0.15) is 5.82 Å². The second-order valence-corrected chi connectivity index (χ2v) is 5.71. The molecule has 0 saturated heterocycles. The number of hydrogen-bond acceptors (Lipinski definition) is 2. The quantitative estimate of drug-likeness (QED) is 0.931. The third-order valence-corrected chi connectivity index (χ3v) is 4.31. The van der Waals surface area contributed by atoms with Gasteiger partial charge in [0.05, 0.1) is 5.56 Å². The van der Waals surface area contributed by atoms with Crippen molar-refractivity contribution < 1.29 is 9.90 Å². The molecular weight excluding hydrogens is 264 g/mol. The Balaban J connectivity index is 1.86. The van der Waals surface area contributed by atoms with Crippen LogP contribution in [0.2, 0.25) is 0 Å². The number of aromatic carboxylic acids is 1. The summed E-state index contributed by atoms with van der Waals surface area (Å²) < 4.78 is 2.11. The molecule has 0 bridgehead atoms. The average Bonchev–Trinajstić information content (AvgIpc) is 2.96. The Morgan fingerprint density at radius 3 is 2.76 bits per heavy atom. The molecule has 21 heavy (non-hydrogen) atoms. The molecule has 0 radical (unpaired) electrons. The minimum Gasteiger partial charge on any atom is -0.478 e. The topological polar surface area (TPSA) is 55.1 Å². The first-order chi connectivity index (χ1) is 10.3. The summed E-state index contributed by atoms with van der Waals surface area (Å²) in [5.41, 5.74) is 1.21. The lowest BCUT2D eigenvalue weighted by atomic mass is 9.88. The van der Waals surface area contributed by atoms with Crippen LogP contribution >= 0.6 is 0 Å². The van der Waals surface area contributed by atoms with Crippen molar-refractivity contribution in [2.24, 2.45) is 0 Å². The molecule has 0 amide bonds. The smallest absolute Gasteiger partial charge is 0.336 e. The molecule has 1 heterocycles. The minimum absolute atomic E-state index is 0.376. The molecule has 0 spiro atoms. The highest BCUT2D eigenvalue weighted by Crippen LogP contribution is 2.31. The second-order valence-electron chi connectivity index (χ2n) is 5.71. The number of carboxylic acids is 1. The van der Waals surface area contributed by atoms with Gasteiger partial charge in [-0.05, 0) is 24.5 Å². The van der Waals surface area contributed by atoms with E-state index in [2.05, 4.69) is 9.55 Å². The number of imidazole rings is 1. The molecule has 1 aromatic carbocycles. The van der Waals surface area contributed by atoms with E-state index >= 15 is 0 Å². The van der Waals surface area contributed by atoms with E-state index in [0.717, 1.165) is 11.4 Å². The zero-order valence-corrected chi connectivity index (χ0v) is 12.0. The van der Waals surface area contributed by atoms with E-state index in [1.54, 1.807) is 12.1 Å². The van der Waals surface area contributed by atoms with Crippen LogP contribution in [0, 0.1) is 0 Å². The first-order valence-electron chi connectivity index (χ1n) is 7.58. The van der Waals surface area contributed by atoms with Crippen LogP contribution in [0.3, 0.4) is 0 Å². The Morgan fingerprint density at radius 1 is 1.24 bits per heavy atom. The van der Waals surface area contributed by atoms with Gasteiger partial charge in [0, 0.05) is 24.9 Å². The molecule has 1 aliphatic rings. The number of rotatable bonds is 4. The zero-order valence-electron chi connectivity index (χ0n) is 12.0. The predicted molar refractivity (Wildman–Crippen MR) is 80.6 cm³/mol. The maximum Gasteiger partial charge on any atom is 0.336 e. The summed E-state index contributed by atoms with van der Waals surface area (Å²) in [6.07, 6.45) is 10.0. The standard InChI is InChI=1S/C17H20N2O2/c20-17(21)15-9-5-4-8-14(15)12-19-11-10-18-16(19)13-6-2-1-3-7-13/h4-5,8-11,13H,1-3,6-7,12H2,(H,20,21). The summed E-state index contributed by atoms with van der Waals surface area (Å²) in [5, 5.41) is 9.29. The molecular formula is C17H20N2O2. The molecule has 0 aliphatic heterocycles. The fraction of sp³-hybridized carbons (Fsp3) is 0.412. The van der Waals surface area contributed by atoms with Gasteiger partial charge in [-0.15, -0.1) is 0 Å². The maximum absolute atomic E-state index is 11.3. The van der Waals surface area contributed by atoms with Gasteiger partial charge >= 0.3 is 5.97 Å². The maximum atomic E-state index is 11.3. The number of aromatic nitrogens is 2. The molecule has 0 atom stereocenters. The highest BCUT2D eigenvalue weighted by molar-refractivity contribution is 5.89. The van der Waals surface area contributed by atoms with Crippen LogP contribution < -0.4 is 0 Å². The molecule has 1 N–H and O–H groups in total. The van der Waals surface area contributed by atoms with Crippen molar-refractivity contribution in [2.45, 2.75) is 44.6 Å². The Hall–Kier alpha value is -2.10. The van der Waals surface area contributed by atoms with Gasteiger partial charge in [0.15, 0.2) is 0 Å². The molecule has 4 nitrogen and oxygen atoms in total. The predicted octanol–water partition coefficient (Wildman–Crippen LogP) is 3.68. The average molecular weight is 284 g/mol. The lowest BCUT2D eigenvalue weighted by molar-refractivity contribution is 0.0695. The Morgan fingerprint density at radius 2 is 2.00 bits per heavy atom. The van der Waals surface area contributed by atoms with Crippen molar-refractivity contribution in [1.82, 2.24) is 9.55 Å². The minimum atomic E-state index is -0.870. The summed E-state index contributed by atoms with van der Waals surface area (Å²) in [7, 11) is 0. The highest BCUT2D eigenvalue weighted by Gasteiger charge is 2.20. The lowest BCUT2D eigenvalue weighted by Gasteiger charge is -2.22. The Bertz CT molecular complexity index is 627. The first kappa shape index (κ1) is 13.9. The van der Waals surface area contributed by atoms with Gasteiger partial charge in [-0.3, -0.25) is 0 Å². The highest BCUT2D eigenvalue weighted by atomic mass is 16.4. The van der Waals surface area contributed by atoms with E-state index in [-0.39, 0.29) is 0 Å². The molecule has 1 aromatic heterocycles. The van der Waals surface area contributed by atoms with E-state index in [1.807, 2.05) is 24.5 Å². The Kier molecular flexibility index (Phi) is 4.04. The van der Waals surface area contributed by atoms with E-state index in [1.165, 1.54) is 32.1 Å². The third kappa shape index (κ3) is 2.99. The van der Waals surface area contributed by atoms with Crippen molar-refractivity contribution in [2.75, 3.05) is 0 Å². The van der Waals surface area contributed by atoms with Crippen LogP contribution in [-0.2, 0) is 6.54 Å². The second kappa shape index (κ2) is 6.12. The fourth-order valence-electron chi connectivity index (χ4n) is 3.23. The number of benzene rings is 1. The third-order valence-electron chi connectivity index (χ3n) is 4.31. The zero-order chi connectivity index (χ0) is 14.7. The molecule has 1 saturated carbocycles. The summed E-state index contributed by atoms with van der Waals surface area (Å²) >= 11 is 0. The van der Waals surface area contributed by atoms with Crippen LogP contribution in [0.15, 0.2) is 36.7 Å². The van der Waals surface area contributed by atoms with Gasteiger partial charge in [0.25, 0.3) is 0 Å². The molecule has 1 fully saturated rings. The number of carbonyl (C=O) groups is 1. The van der Waals surface area contributed by atoms with Crippen LogP contribution in [0.4, 0.5) is 0 Å². The molecule has 4 heteroatoms. The summed E-state index contributed by atoms with van der Waals surface area (Å²) in [5.74, 6) is 0.755. The van der Waals surface area contributed by atoms with Crippen molar-refractivity contribution in [1.29, 1.82) is 0 Å². The molecule has 1 aliphatic carbocycles. The van der Waals surface area contributed by atoms with Crippen molar-refractivity contribution >= 4 is 5.97 Å². The molecule has 2 aromatic rings. The van der Waals surface area contributed by atoms with Gasteiger partial charge < -0.3 is 9.67 Å². The van der Waals surface area contributed by atoms with Crippen molar-refractivity contribution in [3.05, 3.63) is 53.6 Å². The van der Waals surface area contributed by atoms with Crippen LogP contribution in [-0.4, -0.2) is 20.6 Å². The van der Waals surface area contributed by atoms with Crippen molar-refractivity contribution in [3.8, 4) is 0 Å². The van der Waals surface area contributed by atoms with Crippen LogP contribution in [0.5, 0.6) is 0 Å². The van der Waals surface area contributed by atoms with Gasteiger partial charge in [-0.1, -0.05) is 37.5 Å². The SMILES string of the molecule is O=C(O)c1ccccc1Cn1ccnc1C1CCCCC1. The first-order valence-corrected chi connectivity index (χ1v) is 7.58. The largest absolute Gasteiger partial charge is 0.478 e. The van der Waals surface area contributed by atoms with E-state index < -0.39 is 5.97 Å². The van der Waals surface area contributed by atoms with Crippen LogP contribution in [0.25, 0.3) is 0 Å². The van der Waals surface area contributed by atoms with Gasteiger partial charge in [-0.2, -0.15) is 0 Å². The van der Waals surface area contributed by atoms with Gasteiger partial charge in [0.2, 0.25) is 0 Å².